The molecule has 5 aliphatic rings. The number of nitrogens with zero attached hydrogens (tertiary/aromatic N) is 3. The van der Waals surface area contributed by atoms with Crippen molar-refractivity contribution in [2.75, 3.05) is 39.9 Å². The SMILES string of the molecule is C=CC1CC1(NC(=O)C1CC(Oc2nc3ccccc3c(OC3CCN(CCOC)CC3)c2CCCCCC2CC2OC(N)=O)CN1C(=O)CC(C)(C)C)C(=O)NS(=O)(=O)C1(C)CC1. The number of rotatable bonds is 21. The second-order valence-corrected chi connectivity index (χ2v) is 22.3. The van der Waals surface area contributed by atoms with E-state index in [4.69, 9.17) is 29.7 Å². The highest BCUT2D eigenvalue weighted by Crippen LogP contribution is 2.47. The Balaban J connectivity index is 1.14. The van der Waals surface area contributed by atoms with Crippen LogP contribution in [0.1, 0.15) is 110 Å². The lowest BCUT2D eigenvalue weighted by molar-refractivity contribution is -0.141. The van der Waals surface area contributed by atoms with Crippen LogP contribution in [-0.4, -0.2) is 122 Å². The largest absolute Gasteiger partial charge is 0.489 e. The van der Waals surface area contributed by atoms with Crippen LogP contribution in [0.15, 0.2) is 36.9 Å². The van der Waals surface area contributed by atoms with Crippen LogP contribution in [0, 0.1) is 17.3 Å². The number of carbonyl (C=O) groups excluding carboxylic acids is 4. The number of likely N-dealkylation sites (tertiary alicyclic amines) is 2. The van der Waals surface area contributed by atoms with Crippen molar-refractivity contribution in [1.29, 1.82) is 0 Å². The van der Waals surface area contributed by atoms with Crippen molar-refractivity contribution in [2.24, 2.45) is 23.0 Å². The molecule has 1 aromatic carbocycles. The maximum atomic E-state index is 14.4. The maximum Gasteiger partial charge on any atom is 0.404 e. The number of amides is 4. The van der Waals surface area contributed by atoms with Crippen LogP contribution in [0.25, 0.3) is 10.9 Å². The highest BCUT2D eigenvalue weighted by Gasteiger charge is 2.63. The van der Waals surface area contributed by atoms with Crippen molar-refractivity contribution in [2.45, 2.75) is 146 Å². The van der Waals surface area contributed by atoms with E-state index in [0.717, 1.165) is 81.3 Å². The molecule has 352 valence electrons. The number of aromatic nitrogens is 1. The first-order chi connectivity index (χ1) is 30.3. The number of pyridine rings is 1. The van der Waals surface area contributed by atoms with E-state index < -0.39 is 56.3 Å². The average molecular weight is 909 g/mol. The van der Waals surface area contributed by atoms with Crippen LogP contribution in [0.3, 0.4) is 0 Å². The molecule has 4 amide bonds. The molecule has 2 aliphatic heterocycles. The standard InChI is InChI=1S/C47H68N6O10S/c1-7-31-27-47(31,43(56)51-64(58,59)46(5)19-20-46)50-41(55)37-26-33(29-53(37)39(54)28-45(2,3)4)62-42-35(15-10-8-9-13-30-25-38(30)63-44(48)57)40(34-14-11-12-16-36(34)49-42)61-32-17-21-52(22-18-32)23-24-60-6/h7,11-12,14,16,30-33,37-38H,1,8-10,13,15,17-29H2,2-6H3,(H2,48,57)(H,50,55)(H,51,56). The molecule has 3 saturated carbocycles. The fourth-order valence-electron chi connectivity index (χ4n) is 9.23. The Morgan fingerprint density at radius 3 is 2.42 bits per heavy atom. The van der Waals surface area contributed by atoms with E-state index in [1.165, 1.54) is 4.90 Å². The van der Waals surface area contributed by atoms with Crippen molar-refractivity contribution >= 4 is 44.7 Å². The topological polar surface area (TPSA) is 209 Å². The Labute approximate surface area is 377 Å². The van der Waals surface area contributed by atoms with Gasteiger partial charge in [0.2, 0.25) is 27.7 Å². The van der Waals surface area contributed by atoms with Gasteiger partial charge in [0.1, 0.15) is 35.6 Å². The quantitative estimate of drug-likeness (QED) is 0.110. The Hall–Kier alpha value is -4.48. The van der Waals surface area contributed by atoms with Crippen molar-refractivity contribution < 1.29 is 46.5 Å². The van der Waals surface area contributed by atoms with E-state index in [1.54, 1.807) is 20.1 Å². The van der Waals surface area contributed by atoms with E-state index >= 15 is 0 Å². The van der Waals surface area contributed by atoms with Crippen LogP contribution in [-0.2, 0) is 40.3 Å². The molecular weight excluding hydrogens is 841 g/mol. The van der Waals surface area contributed by atoms with E-state index in [0.29, 0.717) is 43.2 Å². The summed E-state index contributed by atoms with van der Waals surface area (Å²) in [4.78, 5) is 62.5. The second kappa shape index (κ2) is 19.2. The highest BCUT2D eigenvalue weighted by molar-refractivity contribution is 7.91. The Kier molecular flexibility index (Phi) is 14.2. The first-order valence-corrected chi connectivity index (χ1v) is 24.6. The van der Waals surface area contributed by atoms with Crippen molar-refractivity contribution in [3.63, 3.8) is 0 Å². The molecule has 6 atom stereocenters. The number of unbranched alkanes of at least 4 members (excludes halogenated alkanes) is 2. The molecule has 64 heavy (non-hydrogen) atoms. The molecule has 5 fully saturated rings. The van der Waals surface area contributed by atoms with Gasteiger partial charge in [-0.2, -0.15) is 0 Å². The summed E-state index contributed by atoms with van der Waals surface area (Å²) in [5, 5.41) is 3.77. The van der Waals surface area contributed by atoms with Crippen LogP contribution in [0.5, 0.6) is 11.6 Å². The van der Waals surface area contributed by atoms with Gasteiger partial charge in [0.15, 0.2) is 0 Å². The van der Waals surface area contributed by atoms with Gasteiger partial charge in [-0.25, -0.2) is 18.2 Å². The summed E-state index contributed by atoms with van der Waals surface area (Å²) >= 11 is 0. The fourth-order valence-corrected chi connectivity index (χ4v) is 10.5. The van der Waals surface area contributed by atoms with E-state index in [2.05, 4.69) is 21.5 Å². The summed E-state index contributed by atoms with van der Waals surface area (Å²) in [6.45, 7) is 14.7. The number of nitrogens with two attached hydrogens (primary N) is 1. The zero-order valence-corrected chi connectivity index (χ0v) is 39.0. The lowest BCUT2D eigenvalue weighted by Gasteiger charge is -2.33. The number of sulfonamides is 1. The van der Waals surface area contributed by atoms with Gasteiger partial charge < -0.3 is 39.8 Å². The molecule has 6 unspecified atom stereocenters. The summed E-state index contributed by atoms with van der Waals surface area (Å²) < 4.78 is 51.8. The number of nitrogens with one attached hydrogen (secondary N) is 2. The smallest absolute Gasteiger partial charge is 0.404 e. The molecule has 17 heteroatoms. The zero-order chi connectivity index (χ0) is 46.0. The number of carbonyl (C=O) groups is 4. The average Bonchev–Trinajstić information content (AvgIpc) is 4.20. The highest BCUT2D eigenvalue weighted by atomic mass is 32.2. The van der Waals surface area contributed by atoms with E-state index in [1.807, 2.05) is 45.0 Å². The molecule has 3 heterocycles. The van der Waals surface area contributed by atoms with Gasteiger partial charge in [-0.3, -0.25) is 19.1 Å². The fraction of sp³-hybridized carbons (Fsp3) is 0.681. The second-order valence-electron chi connectivity index (χ2n) is 20.1. The van der Waals surface area contributed by atoms with E-state index in [-0.39, 0.29) is 49.3 Å². The predicted molar refractivity (Wildman–Crippen MR) is 241 cm³/mol. The lowest BCUT2D eigenvalue weighted by Crippen LogP contribution is -2.57. The summed E-state index contributed by atoms with van der Waals surface area (Å²) in [6, 6.07) is 6.84. The predicted octanol–water partition coefficient (Wildman–Crippen LogP) is 5.16. The van der Waals surface area contributed by atoms with Gasteiger partial charge in [0, 0.05) is 50.9 Å². The first kappa shape index (κ1) is 47.5. The minimum absolute atomic E-state index is 0.0354. The van der Waals surface area contributed by atoms with Crippen molar-refractivity contribution in [1.82, 2.24) is 24.8 Å². The number of hydrogen-bond donors (Lipinski definition) is 3. The maximum absolute atomic E-state index is 14.4. The number of primary amides is 1. The molecule has 0 bridgehead atoms. The molecule has 7 rings (SSSR count). The Morgan fingerprint density at radius 2 is 1.77 bits per heavy atom. The first-order valence-electron chi connectivity index (χ1n) is 23.1. The van der Waals surface area contributed by atoms with Gasteiger partial charge in [0.05, 0.1) is 29.0 Å². The monoisotopic (exact) mass is 908 g/mol. The number of methoxy groups -OCH3 is 1. The van der Waals surface area contributed by atoms with E-state index in [9.17, 15) is 27.6 Å². The van der Waals surface area contributed by atoms with Gasteiger partial charge in [-0.15, -0.1) is 6.58 Å². The molecule has 1 aromatic heterocycles. The summed E-state index contributed by atoms with van der Waals surface area (Å²) in [7, 11) is -2.26. The third-order valence-corrected chi connectivity index (χ3v) is 15.8. The number of fused-ring (bicyclic) bond motifs is 1. The normalized spacial score (nSPS) is 26.5. The number of hydrogen-bond acceptors (Lipinski definition) is 12. The molecule has 2 saturated heterocycles. The molecule has 4 N–H and O–H groups in total. The number of piperidine rings is 1. The van der Waals surface area contributed by atoms with Gasteiger partial charge in [-0.05, 0) is 88.2 Å². The van der Waals surface area contributed by atoms with Crippen LogP contribution in [0.2, 0.25) is 0 Å². The molecule has 16 nitrogen and oxygen atoms in total. The Morgan fingerprint density at radius 1 is 1.03 bits per heavy atom. The van der Waals surface area contributed by atoms with Gasteiger partial charge >= 0.3 is 6.09 Å². The molecule has 3 aliphatic carbocycles. The molecule has 2 aromatic rings. The minimum Gasteiger partial charge on any atom is -0.489 e. The third kappa shape index (κ3) is 11.1. The van der Waals surface area contributed by atoms with Crippen molar-refractivity contribution in [3.8, 4) is 11.6 Å². The third-order valence-electron chi connectivity index (χ3n) is 13.7. The minimum atomic E-state index is -3.97. The van der Waals surface area contributed by atoms with Gasteiger partial charge in [-0.1, -0.05) is 51.8 Å². The summed E-state index contributed by atoms with van der Waals surface area (Å²) in [5.74, 6) is -0.634. The van der Waals surface area contributed by atoms with Crippen LogP contribution < -0.4 is 25.2 Å². The lowest BCUT2D eigenvalue weighted by atomic mass is 9.91. The summed E-state index contributed by atoms with van der Waals surface area (Å²) in [6.07, 6.45) is 8.10. The summed E-state index contributed by atoms with van der Waals surface area (Å²) in [5.41, 5.74) is 4.86. The van der Waals surface area contributed by atoms with Crippen LogP contribution in [0.4, 0.5) is 4.79 Å². The number of ether oxygens (including phenoxy) is 4. The molecular formula is C47H68N6O10S. The molecule has 0 spiro atoms. The van der Waals surface area contributed by atoms with Gasteiger partial charge in [0.25, 0.3) is 5.91 Å². The molecule has 0 radical (unpaired) electrons. The number of para-hydroxylation sites is 1. The zero-order valence-electron chi connectivity index (χ0n) is 38.2. The van der Waals surface area contributed by atoms with Crippen LogP contribution >= 0.6 is 0 Å². The Bertz CT molecular complexity index is 2180. The number of benzene rings is 1. The van der Waals surface area contributed by atoms with Crippen molar-refractivity contribution in [3.05, 3.63) is 42.5 Å².